The third kappa shape index (κ3) is 5.62. The van der Waals surface area contributed by atoms with E-state index >= 15 is 0 Å². The van der Waals surface area contributed by atoms with Crippen LogP contribution in [0.15, 0.2) is 54.6 Å². The van der Waals surface area contributed by atoms with Crippen LogP contribution in [0.25, 0.3) is 0 Å². The van der Waals surface area contributed by atoms with Gasteiger partial charge < -0.3 is 20.1 Å². The second-order valence-corrected chi connectivity index (χ2v) is 5.40. The average molecular weight is 356 g/mol. The van der Waals surface area contributed by atoms with Gasteiger partial charge in [-0.3, -0.25) is 14.4 Å². The van der Waals surface area contributed by atoms with E-state index in [9.17, 15) is 14.4 Å². The molecular weight excluding hydrogens is 336 g/mol. The summed E-state index contributed by atoms with van der Waals surface area (Å²) in [7, 11) is 1.50. The molecule has 0 heterocycles. The number of anilines is 1. The Morgan fingerprint density at radius 2 is 1.77 bits per heavy atom. The number of benzene rings is 2. The normalized spacial score (nSPS) is 11.2. The number of carbonyl (C=O) groups is 3. The molecule has 0 unspecified atom stereocenters. The van der Waals surface area contributed by atoms with Crippen molar-refractivity contribution in [2.45, 2.75) is 13.0 Å². The van der Waals surface area contributed by atoms with Crippen LogP contribution < -0.4 is 15.4 Å². The molecule has 0 aliphatic rings. The standard InChI is InChI=1S/C19H20N2O5/c1-13(18(23)21-15-8-4-3-5-9-15)26-17(22)12-20-19(24)14-7-6-10-16(11-14)25-2/h3-11,13H,12H2,1-2H3,(H,20,24)(H,21,23)/t13-/m0/s1. The van der Waals surface area contributed by atoms with E-state index in [1.807, 2.05) is 6.07 Å². The molecule has 2 aromatic carbocycles. The quantitative estimate of drug-likeness (QED) is 0.740. The van der Waals surface area contributed by atoms with E-state index in [4.69, 9.17) is 9.47 Å². The second kappa shape index (κ2) is 9.22. The van der Waals surface area contributed by atoms with Crippen molar-refractivity contribution in [2.75, 3.05) is 19.0 Å². The molecule has 0 saturated carbocycles. The lowest BCUT2D eigenvalue weighted by Gasteiger charge is -2.14. The van der Waals surface area contributed by atoms with Gasteiger partial charge in [0.1, 0.15) is 12.3 Å². The van der Waals surface area contributed by atoms with Gasteiger partial charge in [0, 0.05) is 11.3 Å². The van der Waals surface area contributed by atoms with Gasteiger partial charge in [0.2, 0.25) is 0 Å². The van der Waals surface area contributed by atoms with E-state index in [1.54, 1.807) is 48.5 Å². The monoisotopic (exact) mass is 356 g/mol. The SMILES string of the molecule is COc1cccc(C(=O)NCC(=O)O[C@@H](C)C(=O)Nc2ccccc2)c1. The van der Waals surface area contributed by atoms with Crippen LogP contribution in [0, 0.1) is 0 Å². The van der Waals surface area contributed by atoms with Crippen molar-refractivity contribution >= 4 is 23.5 Å². The van der Waals surface area contributed by atoms with E-state index in [0.29, 0.717) is 17.0 Å². The lowest BCUT2D eigenvalue weighted by Crippen LogP contribution is -2.35. The molecule has 7 heteroatoms. The number of para-hydroxylation sites is 1. The Balaban J connectivity index is 1.80. The lowest BCUT2D eigenvalue weighted by molar-refractivity contribution is -0.152. The lowest BCUT2D eigenvalue weighted by atomic mass is 10.2. The number of ether oxygens (including phenoxy) is 2. The maximum atomic E-state index is 12.0. The molecule has 0 bridgehead atoms. The maximum absolute atomic E-state index is 12.0. The van der Waals surface area contributed by atoms with Gasteiger partial charge in [-0.25, -0.2) is 0 Å². The summed E-state index contributed by atoms with van der Waals surface area (Å²) in [6, 6.07) is 15.3. The summed E-state index contributed by atoms with van der Waals surface area (Å²) in [5, 5.41) is 5.08. The minimum atomic E-state index is -0.989. The predicted octanol–water partition coefficient (Wildman–Crippen LogP) is 2.00. The number of hydrogen-bond donors (Lipinski definition) is 2. The zero-order valence-electron chi connectivity index (χ0n) is 14.5. The summed E-state index contributed by atoms with van der Waals surface area (Å²) >= 11 is 0. The molecule has 2 N–H and O–H groups in total. The van der Waals surface area contributed by atoms with Gasteiger partial charge >= 0.3 is 5.97 Å². The molecule has 26 heavy (non-hydrogen) atoms. The molecule has 0 fully saturated rings. The largest absolute Gasteiger partial charge is 0.497 e. The van der Waals surface area contributed by atoms with E-state index < -0.39 is 23.9 Å². The smallest absolute Gasteiger partial charge is 0.326 e. The van der Waals surface area contributed by atoms with Gasteiger partial charge in [0.05, 0.1) is 7.11 Å². The first-order valence-corrected chi connectivity index (χ1v) is 7.97. The minimum Gasteiger partial charge on any atom is -0.497 e. The molecule has 0 spiro atoms. The first kappa shape index (κ1) is 19.0. The maximum Gasteiger partial charge on any atom is 0.326 e. The Kier molecular flexibility index (Phi) is 6.73. The van der Waals surface area contributed by atoms with Crippen LogP contribution in [0.1, 0.15) is 17.3 Å². The fourth-order valence-electron chi connectivity index (χ4n) is 2.08. The molecule has 1 atom stereocenters. The van der Waals surface area contributed by atoms with E-state index in [-0.39, 0.29) is 6.54 Å². The van der Waals surface area contributed by atoms with Crippen molar-refractivity contribution in [2.24, 2.45) is 0 Å². The highest BCUT2D eigenvalue weighted by Gasteiger charge is 2.18. The molecule has 0 radical (unpaired) electrons. The van der Waals surface area contributed by atoms with Crippen LogP contribution in [0.5, 0.6) is 5.75 Å². The Morgan fingerprint density at radius 3 is 2.46 bits per heavy atom. The van der Waals surface area contributed by atoms with Crippen LogP contribution in [0.4, 0.5) is 5.69 Å². The number of nitrogens with one attached hydrogen (secondary N) is 2. The minimum absolute atomic E-state index is 0.348. The summed E-state index contributed by atoms with van der Waals surface area (Å²) in [6.07, 6.45) is -0.989. The molecule has 2 aromatic rings. The number of amides is 2. The van der Waals surface area contributed by atoms with E-state index in [2.05, 4.69) is 10.6 Å². The summed E-state index contributed by atoms with van der Waals surface area (Å²) in [5.74, 6) is -1.07. The van der Waals surface area contributed by atoms with Crippen molar-refractivity contribution in [3.05, 3.63) is 60.2 Å². The molecule has 7 nitrogen and oxygen atoms in total. The van der Waals surface area contributed by atoms with Crippen LogP contribution >= 0.6 is 0 Å². The van der Waals surface area contributed by atoms with Crippen molar-refractivity contribution in [3.8, 4) is 5.75 Å². The zero-order chi connectivity index (χ0) is 18.9. The molecule has 0 saturated heterocycles. The first-order chi connectivity index (χ1) is 12.5. The van der Waals surface area contributed by atoms with E-state index in [0.717, 1.165) is 0 Å². The number of rotatable bonds is 7. The Morgan fingerprint density at radius 1 is 1.04 bits per heavy atom. The molecule has 0 aliphatic carbocycles. The average Bonchev–Trinajstić information content (AvgIpc) is 2.66. The fourth-order valence-corrected chi connectivity index (χ4v) is 2.08. The second-order valence-electron chi connectivity index (χ2n) is 5.40. The molecule has 0 aliphatic heterocycles. The van der Waals surface area contributed by atoms with Crippen LogP contribution in [0.3, 0.4) is 0 Å². The topological polar surface area (TPSA) is 93.7 Å². The molecular formula is C19H20N2O5. The molecule has 136 valence electrons. The highest BCUT2D eigenvalue weighted by Crippen LogP contribution is 2.12. The third-order valence-corrected chi connectivity index (χ3v) is 3.44. The van der Waals surface area contributed by atoms with Crippen LogP contribution in [0.2, 0.25) is 0 Å². The number of esters is 1. The van der Waals surface area contributed by atoms with Gasteiger partial charge in [-0.2, -0.15) is 0 Å². The third-order valence-electron chi connectivity index (χ3n) is 3.44. The fraction of sp³-hybridized carbons (Fsp3) is 0.211. The number of hydrogen-bond acceptors (Lipinski definition) is 5. The van der Waals surface area contributed by atoms with Gasteiger partial charge in [-0.05, 0) is 37.3 Å². The summed E-state index contributed by atoms with van der Waals surface area (Å²) in [4.78, 5) is 35.8. The van der Waals surface area contributed by atoms with Gasteiger partial charge in [0.15, 0.2) is 6.10 Å². The Labute approximate surface area is 151 Å². The number of carbonyl (C=O) groups excluding carboxylic acids is 3. The Hall–Kier alpha value is -3.35. The van der Waals surface area contributed by atoms with Crippen LogP contribution in [-0.4, -0.2) is 37.5 Å². The van der Waals surface area contributed by atoms with Crippen molar-refractivity contribution in [3.63, 3.8) is 0 Å². The zero-order valence-corrected chi connectivity index (χ0v) is 14.5. The van der Waals surface area contributed by atoms with Crippen molar-refractivity contribution in [1.82, 2.24) is 5.32 Å². The summed E-state index contributed by atoms with van der Waals surface area (Å²) in [5.41, 5.74) is 0.957. The van der Waals surface area contributed by atoms with Gasteiger partial charge in [0.25, 0.3) is 11.8 Å². The number of methoxy groups -OCH3 is 1. The molecule has 0 aromatic heterocycles. The van der Waals surface area contributed by atoms with Gasteiger partial charge in [-0.1, -0.05) is 24.3 Å². The van der Waals surface area contributed by atoms with Crippen molar-refractivity contribution < 1.29 is 23.9 Å². The van der Waals surface area contributed by atoms with Gasteiger partial charge in [-0.15, -0.1) is 0 Å². The highest BCUT2D eigenvalue weighted by atomic mass is 16.5. The van der Waals surface area contributed by atoms with Crippen molar-refractivity contribution in [1.29, 1.82) is 0 Å². The molecule has 2 amide bonds. The Bertz CT molecular complexity index is 777. The highest BCUT2D eigenvalue weighted by molar-refractivity contribution is 5.97. The molecule has 2 rings (SSSR count). The predicted molar refractivity (Wildman–Crippen MR) is 96.0 cm³/mol. The van der Waals surface area contributed by atoms with Crippen LogP contribution in [-0.2, 0) is 14.3 Å². The van der Waals surface area contributed by atoms with E-state index in [1.165, 1.54) is 14.0 Å². The first-order valence-electron chi connectivity index (χ1n) is 7.97. The summed E-state index contributed by atoms with van der Waals surface area (Å²) in [6.45, 7) is 1.11. The summed E-state index contributed by atoms with van der Waals surface area (Å²) < 4.78 is 10.1.